The van der Waals surface area contributed by atoms with E-state index in [9.17, 15) is 21.7 Å². The van der Waals surface area contributed by atoms with Crippen LogP contribution in [0.3, 0.4) is 0 Å². The standard InChI is InChI=1S/C5H7BF5O.K/c1-12-2-3-4(5(3,7)8)6(9,10)11;/h3-4H,2H2,1H3;/q-1;+1. The SMILES string of the molecule is COCC1C([B-](F)(F)F)C1(F)F.[K+]. The Morgan fingerprint density at radius 1 is 1.31 bits per heavy atom. The summed E-state index contributed by atoms with van der Waals surface area (Å²) in [5.74, 6) is -7.71. The Bertz CT molecular complexity index is 184. The molecular formula is C5H7BF5KO. The fraction of sp³-hybridized carbons (Fsp3) is 1.00. The molecule has 0 heterocycles. The predicted molar refractivity (Wildman–Crippen MR) is 33.1 cm³/mol. The Kier molecular flexibility index (Phi) is 4.89. The van der Waals surface area contributed by atoms with Crippen LogP contribution in [0.4, 0.5) is 21.7 Å². The molecule has 0 aromatic heterocycles. The first-order valence-corrected chi connectivity index (χ1v) is 3.38. The van der Waals surface area contributed by atoms with Gasteiger partial charge in [-0.05, 0) is 0 Å². The van der Waals surface area contributed by atoms with Gasteiger partial charge in [-0.15, -0.1) is 0 Å². The summed E-state index contributed by atoms with van der Waals surface area (Å²) in [5.41, 5.74) is 0. The van der Waals surface area contributed by atoms with Crippen molar-refractivity contribution in [2.45, 2.75) is 11.7 Å². The molecule has 2 atom stereocenters. The summed E-state index contributed by atoms with van der Waals surface area (Å²) < 4.78 is 64.5. The van der Waals surface area contributed by atoms with Crippen LogP contribution in [0.15, 0.2) is 0 Å². The molecule has 0 saturated heterocycles. The minimum Gasteiger partial charge on any atom is -0.449 e. The monoisotopic (exact) mass is 228 g/mol. The van der Waals surface area contributed by atoms with Crippen LogP contribution in [-0.4, -0.2) is 26.6 Å². The third-order valence-electron chi connectivity index (χ3n) is 2.02. The van der Waals surface area contributed by atoms with Crippen LogP contribution < -0.4 is 51.4 Å². The van der Waals surface area contributed by atoms with Gasteiger partial charge in [0.15, 0.2) is 0 Å². The summed E-state index contributed by atoms with van der Waals surface area (Å²) in [6.07, 6.45) is 0. The van der Waals surface area contributed by atoms with Crippen LogP contribution in [0.5, 0.6) is 0 Å². The van der Waals surface area contributed by atoms with Crippen LogP contribution in [0.2, 0.25) is 5.82 Å². The minimum atomic E-state index is -5.43. The van der Waals surface area contributed by atoms with Gasteiger partial charge in [-0.25, -0.2) is 8.78 Å². The molecule has 0 spiro atoms. The molecule has 1 saturated carbocycles. The van der Waals surface area contributed by atoms with E-state index in [1.165, 1.54) is 0 Å². The fourth-order valence-electron chi connectivity index (χ4n) is 1.33. The minimum absolute atomic E-state index is 0. The number of rotatable bonds is 3. The van der Waals surface area contributed by atoms with Gasteiger partial charge in [0.1, 0.15) is 0 Å². The molecule has 0 aliphatic heterocycles. The van der Waals surface area contributed by atoms with Crippen molar-refractivity contribution in [1.82, 2.24) is 0 Å². The maximum Gasteiger partial charge on any atom is 1.00 e. The summed E-state index contributed by atoms with van der Waals surface area (Å²) >= 11 is 0. The smallest absolute Gasteiger partial charge is 0.449 e. The zero-order valence-electron chi connectivity index (χ0n) is 7.24. The van der Waals surface area contributed by atoms with E-state index in [1.54, 1.807) is 0 Å². The number of alkyl halides is 2. The third-order valence-corrected chi connectivity index (χ3v) is 2.02. The maximum absolute atomic E-state index is 12.4. The number of hydrogen-bond acceptors (Lipinski definition) is 1. The van der Waals surface area contributed by atoms with Gasteiger partial charge in [0.25, 0.3) is 0 Å². The third kappa shape index (κ3) is 2.88. The van der Waals surface area contributed by atoms with Gasteiger partial charge in [0, 0.05) is 18.8 Å². The quantitative estimate of drug-likeness (QED) is 0.450. The van der Waals surface area contributed by atoms with Gasteiger partial charge in [0.05, 0.1) is 6.61 Å². The number of ether oxygens (including phenoxy) is 1. The van der Waals surface area contributed by atoms with Gasteiger partial charge >= 0.3 is 58.4 Å². The van der Waals surface area contributed by atoms with Crippen molar-refractivity contribution in [1.29, 1.82) is 0 Å². The van der Waals surface area contributed by atoms with Crippen molar-refractivity contribution in [3.05, 3.63) is 0 Å². The summed E-state index contributed by atoms with van der Waals surface area (Å²) in [4.78, 5) is 0. The molecule has 72 valence electrons. The zero-order chi connectivity index (χ0) is 9.57. The molecule has 1 rings (SSSR count). The van der Waals surface area contributed by atoms with Crippen LogP contribution in [0.25, 0.3) is 0 Å². The second-order valence-electron chi connectivity index (χ2n) is 2.89. The summed E-state index contributed by atoms with van der Waals surface area (Å²) in [5, 5.41) is 0. The first-order chi connectivity index (χ1) is 5.31. The zero-order valence-corrected chi connectivity index (χ0v) is 10.4. The van der Waals surface area contributed by atoms with E-state index < -0.39 is 31.2 Å². The maximum atomic E-state index is 12.4. The van der Waals surface area contributed by atoms with E-state index in [-0.39, 0.29) is 51.4 Å². The van der Waals surface area contributed by atoms with E-state index in [2.05, 4.69) is 4.74 Å². The van der Waals surface area contributed by atoms with Crippen LogP contribution in [0, 0.1) is 5.92 Å². The van der Waals surface area contributed by atoms with Gasteiger partial charge < -0.3 is 17.7 Å². The second-order valence-corrected chi connectivity index (χ2v) is 2.89. The van der Waals surface area contributed by atoms with Gasteiger partial charge in [-0.3, -0.25) is 0 Å². The molecular weight excluding hydrogens is 221 g/mol. The Morgan fingerprint density at radius 3 is 2.00 bits per heavy atom. The normalized spacial score (nSPS) is 30.9. The topological polar surface area (TPSA) is 9.23 Å². The van der Waals surface area contributed by atoms with Gasteiger partial charge in [0.2, 0.25) is 5.92 Å². The molecule has 0 N–H and O–H groups in total. The average Bonchev–Trinajstić information content (AvgIpc) is 2.33. The van der Waals surface area contributed by atoms with Gasteiger partial charge in [-0.1, -0.05) is 0 Å². The van der Waals surface area contributed by atoms with E-state index >= 15 is 0 Å². The average molecular weight is 228 g/mol. The van der Waals surface area contributed by atoms with E-state index in [0.717, 1.165) is 7.11 Å². The van der Waals surface area contributed by atoms with Crippen molar-refractivity contribution >= 4 is 6.98 Å². The molecule has 0 aromatic carbocycles. The molecule has 0 bridgehead atoms. The first kappa shape index (κ1) is 14.3. The number of halogens is 5. The second kappa shape index (κ2) is 4.44. The Hall–Kier alpha value is 1.31. The van der Waals surface area contributed by atoms with Crippen molar-refractivity contribution in [2.24, 2.45) is 5.92 Å². The van der Waals surface area contributed by atoms with Crippen molar-refractivity contribution in [2.75, 3.05) is 13.7 Å². The molecule has 1 aliphatic rings. The molecule has 1 aliphatic carbocycles. The molecule has 1 nitrogen and oxygen atoms in total. The predicted octanol–water partition coefficient (Wildman–Crippen LogP) is -0.880. The summed E-state index contributed by atoms with van der Waals surface area (Å²) in [7, 11) is 1.11. The Balaban J connectivity index is 0.00000144. The van der Waals surface area contributed by atoms with Crippen LogP contribution in [0.1, 0.15) is 0 Å². The molecule has 0 radical (unpaired) electrons. The molecule has 0 aromatic rings. The molecule has 0 amide bonds. The van der Waals surface area contributed by atoms with Gasteiger partial charge in [-0.2, -0.15) is 0 Å². The van der Waals surface area contributed by atoms with Crippen LogP contribution in [-0.2, 0) is 4.74 Å². The summed E-state index contributed by atoms with van der Waals surface area (Å²) in [6, 6.07) is 0. The van der Waals surface area contributed by atoms with Crippen LogP contribution >= 0.6 is 0 Å². The Labute approximate surface area is 115 Å². The largest absolute Gasteiger partial charge is 1.00 e. The van der Waals surface area contributed by atoms with Crippen molar-refractivity contribution in [3.8, 4) is 0 Å². The molecule has 8 heteroatoms. The fourth-order valence-corrected chi connectivity index (χ4v) is 1.33. The van der Waals surface area contributed by atoms with E-state index in [1.807, 2.05) is 0 Å². The molecule has 2 unspecified atom stereocenters. The molecule has 1 fully saturated rings. The number of hydrogen-bond donors (Lipinski definition) is 0. The van der Waals surface area contributed by atoms with E-state index in [0.29, 0.717) is 0 Å². The summed E-state index contributed by atoms with van der Waals surface area (Å²) in [6.45, 7) is -5.96. The van der Waals surface area contributed by atoms with Crippen molar-refractivity contribution in [3.63, 3.8) is 0 Å². The van der Waals surface area contributed by atoms with E-state index in [4.69, 9.17) is 0 Å². The first-order valence-electron chi connectivity index (χ1n) is 3.38. The number of methoxy groups -OCH3 is 1. The molecule has 13 heavy (non-hydrogen) atoms. The van der Waals surface area contributed by atoms with Crippen molar-refractivity contribution < 1.29 is 77.8 Å². The Morgan fingerprint density at radius 2 is 1.77 bits per heavy atom.